The molecule has 0 bridgehead atoms. The maximum Gasteiger partial charge on any atom is 0.238 e. The average molecular weight is 264 g/mol. The van der Waals surface area contributed by atoms with Crippen LogP contribution in [0.1, 0.15) is 27.7 Å². The first kappa shape index (κ1) is 15.5. The van der Waals surface area contributed by atoms with E-state index in [1.54, 1.807) is 0 Å². The molecule has 0 spiro atoms. The van der Waals surface area contributed by atoms with Gasteiger partial charge in [0.25, 0.3) is 0 Å². The lowest BCUT2D eigenvalue weighted by molar-refractivity contribution is -0.117. The molecule has 1 amide bonds. The van der Waals surface area contributed by atoms with Crippen LogP contribution in [0, 0.1) is 0 Å². The van der Waals surface area contributed by atoms with E-state index < -0.39 is 0 Å². The predicted molar refractivity (Wildman–Crippen MR) is 78.6 cm³/mol. The number of rotatable bonds is 7. The number of carbonyl (C=O) groups excluding carboxylic acids is 1. The highest BCUT2D eigenvalue weighted by molar-refractivity contribution is 5.93. The molecule has 19 heavy (non-hydrogen) atoms. The molecule has 0 atom stereocenters. The van der Waals surface area contributed by atoms with Crippen LogP contribution in [0.3, 0.4) is 0 Å². The van der Waals surface area contributed by atoms with Crippen molar-refractivity contribution in [1.29, 1.82) is 0 Å². The van der Waals surface area contributed by atoms with Crippen LogP contribution >= 0.6 is 0 Å². The van der Waals surface area contributed by atoms with Gasteiger partial charge in [0.1, 0.15) is 5.75 Å². The molecule has 0 saturated carbocycles. The minimum atomic E-state index is -0.0106. The van der Waals surface area contributed by atoms with Crippen LogP contribution in [0.2, 0.25) is 0 Å². The topological polar surface area (TPSA) is 41.6 Å². The zero-order chi connectivity index (χ0) is 14.3. The summed E-state index contributed by atoms with van der Waals surface area (Å²) < 4.78 is 5.68. The second-order valence-electron chi connectivity index (χ2n) is 4.67. The molecule has 0 aromatic heterocycles. The first-order valence-corrected chi connectivity index (χ1v) is 6.84. The van der Waals surface area contributed by atoms with Crippen LogP contribution in [-0.4, -0.2) is 36.5 Å². The van der Waals surface area contributed by atoms with Crippen LogP contribution in [0.15, 0.2) is 24.3 Å². The van der Waals surface area contributed by atoms with Gasteiger partial charge in [-0.2, -0.15) is 0 Å². The van der Waals surface area contributed by atoms with Crippen molar-refractivity contribution in [1.82, 2.24) is 4.90 Å². The maximum atomic E-state index is 12.0. The third-order valence-electron chi connectivity index (χ3n) is 2.79. The molecule has 0 fully saturated rings. The average Bonchev–Trinajstić information content (AvgIpc) is 2.37. The fourth-order valence-electron chi connectivity index (χ4n) is 1.77. The number of benzene rings is 1. The van der Waals surface area contributed by atoms with Crippen LogP contribution in [0.4, 0.5) is 5.69 Å². The Morgan fingerprint density at radius 1 is 1.26 bits per heavy atom. The molecule has 0 aliphatic carbocycles. The van der Waals surface area contributed by atoms with Crippen LogP contribution in [-0.2, 0) is 4.79 Å². The lowest BCUT2D eigenvalue weighted by Crippen LogP contribution is -2.33. The van der Waals surface area contributed by atoms with E-state index in [0.717, 1.165) is 18.8 Å². The summed E-state index contributed by atoms with van der Waals surface area (Å²) in [5.74, 6) is 0.703. The molecular formula is C15H24N2O2. The van der Waals surface area contributed by atoms with E-state index in [1.807, 2.05) is 52.0 Å². The Kier molecular flexibility index (Phi) is 6.36. The molecule has 0 radical (unpaired) electrons. The third kappa shape index (κ3) is 5.30. The molecule has 1 aromatic rings. The van der Waals surface area contributed by atoms with Crippen molar-refractivity contribution in [3.8, 4) is 5.75 Å². The van der Waals surface area contributed by atoms with Crippen LogP contribution < -0.4 is 10.1 Å². The van der Waals surface area contributed by atoms with E-state index in [1.165, 1.54) is 0 Å². The van der Waals surface area contributed by atoms with Crippen LogP contribution in [0.5, 0.6) is 5.75 Å². The monoisotopic (exact) mass is 264 g/mol. The van der Waals surface area contributed by atoms with Gasteiger partial charge in [0.2, 0.25) is 5.91 Å². The number of nitrogens with zero attached hydrogens (tertiary/aromatic N) is 1. The summed E-state index contributed by atoms with van der Waals surface area (Å²) in [6.07, 6.45) is 0.0841. The first-order valence-electron chi connectivity index (χ1n) is 6.84. The highest BCUT2D eigenvalue weighted by Gasteiger charge is 2.11. The molecular weight excluding hydrogens is 240 g/mol. The molecule has 1 rings (SSSR count). The summed E-state index contributed by atoms with van der Waals surface area (Å²) in [7, 11) is 0. The molecule has 0 saturated heterocycles. The SMILES string of the molecule is CCN(CC)CC(=O)Nc1ccccc1OC(C)C. The number of hydrogen-bond acceptors (Lipinski definition) is 3. The van der Waals surface area contributed by atoms with Gasteiger partial charge in [-0.1, -0.05) is 26.0 Å². The molecule has 106 valence electrons. The Hall–Kier alpha value is -1.55. The third-order valence-corrected chi connectivity index (χ3v) is 2.79. The van der Waals surface area contributed by atoms with Gasteiger partial charge in [0.15, 0.2) is 0 Å². The van der Waals surface area contributed by atoms with E-state index in [2.05, 4.69) is 10.2 Å². The number of ether oxygens (including phenoxy) is 1. The number of likely N-dealkylation sites (N-methyl/N-ethyl adjacent to an activating group) is 1. The van der Waals surface area contributed by atoms with Gasteiger partial charge >= 0.3 is 0 Å². The fourth-order valence-corrected chi connectivity index (χ4v) is 1.77. The normalized spacial score (nSPS) is 10.8. The Morgan fingerprint density at radius 2 is 1.89 bits per heavy atom. The minimum Gasteiger partial charge on any atom is -0.489 e. The van der Waals surface area contributed by atoms with E-state index >= 15 is 0 Å². The van der Waals surface area contributed by atoms with Gasteiger partial charge in [-0.05, 0) is 39.1 Å². The molecule has 0 aliphatic rings. The number of amides is 1. The highest BCUT2D eigenvalue weighted by Crippen LogP contribution is 2.24. The summed E-state index contributed by atoms with van der Waals surface area (Å²) in [6, 6.07) is 7.52. The smallest absolute Gasteiger partial charge is 0.238 e. The van der Waals surface area contributed by atoms with Crippen molar-refractivity contribution in [2.75, 3.05) is 25.0 Å². The van der Waals surface area contributed by atoms with Gasteiger partial charge in [-0.25, -0.2) is 0 Å². The Balaban J connectivity index is 2.68. The van der Waals surface area contributed by atoms with Gasteiger partial charge in [-0.3, -0.25) is 9.69 Å². The maximum absolute atomic E-state index is 12.0. The Morgan fingerprint density at radius 3 is 2.47 bits per heavy atom. The quantitative estimate of drug-likeness (QED) is 0.823. The van der Waals surface area contributed by atoms with Crippen molar-refractivity contribution >= 4 is 11.6 Å². The predicted octanol–water partition coefficient (Wildman–Crippen LogP) is 2.75. The molecule has 4 heteroatoms. The number of hydrogen-bond donors (Lipinski definition) is 1. The lowest BCUT2D eigenvalue weighted by Gasteiger charge is -2.19. The summed E-state index contributed by atoms with van der Waals surface area (Å²) >= 11 is 0. The van der Waals surface area contributed by atoms with Gasteiger partial charge in [0, 0.05) is 0 Å². The second-order valence-corrected chi connectivity index (χ2v) is 4.67. The molecule has 0 unspecified atom stereocenters. The van der Waals surface area contributed by atoms with E-state index in [9.17, 15) is 4.79 Å². The van der Waals surface area contributed by atoms with Crippen molar-refractivity contribution in [2.45, 2.75) is 33.8 Å². The molecule has 4 nitrogen and oxygen atoms in total. The van der Waals surface area contributed by atoms with Crippen molar-refractivity contribution in [2.24, 2.45) is 0 Å². The number of anilines is 1. The minimum absolute atomic E-state index is 0.0106. The fraction of sp³-hybridized carbons (Fsp3) is 0.533. The van der Waals surface area contributed by atoms with Crippen molar-refractivity contribution < 1.29 is 9.53 Å². The van der Waals surface area contributed by atoms with E-state index in [4.69, 9.17) is 4.74 Å². The van der Waals surface area contributed by atoms with E-state index in [-0.39, 0.29) is 12.0 Å². The number of carbonyl (C=O) groups is 1. The zero-order valence-electron chi connectivity index (χ0n) is 12.3. The molecule has 0 heterocycles. The summed E-state index contributed by atoms with van der Waals surface area (Å²) in [5.41, 5.74) is 0.730. The van der Waals surface area contributed by atoms with Crippen molar-refractivity contribution in [3.63, 3.8) is 0 Å². The standard InChI is InChI=1S/C15H24N2O2/c1-5-17(6-2)11-15(18)16-13-9-7-8-10-14(13)19-12(3)4/h7-10,12H,5-6,11H2,1-4H3,(H,16,18). The van der Waals surface area contributed by atoms with Gasteiger partial charge in [0.05, 0.1) is 18.3 Å². The largest absolute Gasteiger partial charge is 0.489 e. The lowest BCUT2D eigenvalue weighted by atomic mass is 10.3. The summed E-state index contributed by atoms with van der Waals surface area (Å²) in [6.45, 7) is 10.2. The Labute approximate surface area is 115 Å². The molecule has 1 aromatic carbocycles. The summed E-state index contributed by atoms with van der Waals surface area (Å²) in [5, 5.41) is 2.91. The first-order chi connectivity index (χ1) is 9.06. The number of nitrogens with one attached hydrogen (secondary N) is 1. The Bertz CT molecular complexity index is 401. The molecule has 0 aliphatic heterocycles. The second kappa shape index (κ2) is 7.79. The van der Waals surface area contributed by atoms with E-state index in [0.29, 0.717) is 12.3 Å². The molecule has 1 N–H and O–H groups in total. The van der Waals surface area contributed by atoms with Gasteiger partial charge < -0.3 is 10.1 Å². The number of para-hydroxylation sites is 2. The van der Waals surface area contributed by atoms with Gasteiger partial charge in [-0.15, -0.1) is 0 Å². The van der Waals surface area contributed by atoms with Crippen LogP contribution in [0.25, 0.3) is 0 Å². The zero-order valence-corrected chi connectivity index (χ0v) is 12.3. The highest BCUT2D eigenvalue weighted by atomic mass is 16.5. The summed E-state index contributed by atoms with van der Waals surface area (Å²) in [4.78, 5) is 14.0. The van der Waals surface area contributed by atoms with Crippen molar-refractivity contribution in [3.05, 3.63) is 24.3 Å².